The fraction of sp³-hybridized carbons (Fsp3) is 0.158. The van der Waals surface area contributed by atoms with Crippen molar-refractivity contribution in [3.05, 3.63) is 64.1 Å². The Bertz CT molecular complexity index is 812. The minimum atomic E-state index is -0.113. The summed E-state index contributed by atoms with van der Waals surface area (Å²) in [5.41, 5.74) is 2.22. The van der Waals surface area contributed by atoms with Crippen LogP contribution in [0, 0.1) is 0 Å². The van der Waals surface area contributed by atoms with Gasteiger partial charge in [0.2, 0.25) is 5.91 Å². The van der Waals surface area contributed by atoms with Crippen LogP contribution in [0.25, 0.3) is 6.08 Å². The number of amides is 1. The average Bonchev–Trinajstić information content (AvgIpc) is 3.02. The number of phenolic OH excluding ortho intramolecular Hbond substituents is 1. The van der Waals surface area contributed by atoms with Gasteiger partial charge in [0.15, 0.2) is 5.78 Å². The molecule has 2 aromatic rings. The molecule has 1 aliphatic rings. The number of carbonyl (C=O) groups is 2. The zero-order chi connectivity index (χ0) is 17.1. The molecule has 1 amide bonds. The lowest BCUT2D eigenvalue weighted by atomic mass is 10.1. The van der Waals surface area contributed by atoms with E-state index >= 15 is 0 Å². The first-order valence-electron chi connectivity index (χ1n) is 7.66. The third-order valence-electron chi connectivity index (χ3n) is 3.94. The largest absolute Gasteiger partial charge is 0.507 e. The van der Waals surface area contributed by atoms with Crippen molar-refractivity contribution in [1.29, 1.82) is 0 Å². The molecule has 0 radical (unpaired) electrons. The number of hydrogen-bond acceptors (Lipinski definition) is 3. The number of halogens is 1. The van der Waals surface area contributed by atoms with Crippen LogP contribution in [0.4, 0.5) is 5.69 Å². The summed E-state index contributed by atoms with van der Waals surface area (Å²) in [5, 5.41) is 9.47. The van der Waals surface area contributed by atoms with Gasteiger partial charge in [0.05, 0.1) is 4.47 Å². The highest BCUT2D eigenvalue weighted by atomic mass is 79.9. The fourth-order valence-corrected chi connectivity index (χ4v) is 3.02. The Labute approximate surface area is 148 Å². The molecular formula is C19H16BrNO3. The SMILES string of the molecule is O=C(/C=C/c1ccc(O)c(Br)c1)c1ccc(N2CCCC2=O)cc1. The van der Waals surface area contributed by atoms with Gasteiger partial charge in [-0.25, -0.2) is 0 Å². The van der Waals surface area contributed by atoms with Gasteiger partial charge in [-0.2, -0.15) is 0 Å². The number of benzene rings is 2. The van der Waals surface area contributed by atoms with Crippen LogP contribution in [0.2, 0.25) is 0 Å². The third kappa shape index (κ3) is 3.57. The topological polar surface area (TPSA) is 57.6 Å². The van der Waals surface area contributed by atoms with Crippen molar-refractivity contribution < 1.29 is 14.7 Å². The maximum atomic E-state index is 12.2. The summed E-state index contributed by atoms with van der Waals surface area (Å²) in [5.74, 6) is 0.177. The lowest BCUT2D eigenvalue weighted by molar-refractivity contribution is -0.117. The van der Waals surface area contributed by atoms with Gasteiger partial charge in [-0.05, 0) is 70.4 Å². The first-order chi connectivity index (χ1) is 11.5. The van der Waals surface area contributed by atoms with E-state index < -0.39 is 0 Å². The molecule has 0 atom stereocenters. The Morgan fingerprint density at radius 3 is 2.54 bits per heavy atom. The molecule has 1 aliphatic heterocycles. The minimum absolute atomic E-state index is 0.113. The number of anilines is 1. The second-order valence-electron chi connectivity index (χ2n) is 5.60. The van der Waals surface area contributed by atoms with E-state index in [-0.39, 0.29) is 17.4 Å². The second kappa shape index (κ2) is 7.01. The van der Waals surface area contributed by atoms with Crippen molar-refractivity contribution in [3.8, 4) is 5.75 Å². The van der Waals surface area contributed by atoms with Gasteiger partial charge in [-0.3, -0.25) is 9.59 Å². The molecule has 1 fully saturated rings. The summed E-state index contributed by atoms with van der Waals surface area (Å²) < 4.78 is 0.580. The number of nitrogens with zero attached hydrogens (tertiary/aromatic N) is 1. The Hall–Kier alpha value is -2.40. The highest BCUT2D eigenvalue weighted by Crippen LogP contribution is 2.25. The van der Waals surface area contributed by atoms with E-state index in [4.69, 9.17) is 0 Å². The number of rotatable bonds is 4. The molecule has 4 nitrogen and oxygen atoms in total. The molecule has 0 aromatic heterocycles. The summed E-state index contributed by atoms with van der Waals surface area (Å²) >= 11 is 3.24. The number of allylic oxidation sites excluding steroid dienone is 1. The van der Waals surface area contributed by atoms with Crippen LogP contribution in [0.3, 0.4) is 0 Å². The van der Waals surface area contributed by atoms with Gasteiger partial charge in [0.1, 0.15) is 5.75 Å². The second-order valence-corrected chi connectivity index (χ2v) is 6.46. The monoisotopic (exact) mass is 385 g/mol. The molecular weight excluding hydrogens is 370 g/mol. The standard InChI is InChI=1S/C19H16BrNO3/c20-16-12-13(4-10-18(16)23)3-9-17(22)14-5-7-15(8-6-14)21-11-1-2-19(21)24/h3-10,12,23H,1-2,11H2/b9-3+. The third-order valence-corrected chi connectivity index (χ3v) is 4.57. The molecule has 1 N–H and O–H groups in total. The van der Waals surface area contributed by atoms with Crippen molar-refractivity contribution in [2.24, 2.45) is 0 Å². The van der Waals surface area contributed by atoms with E-state index in [0.717, 1.165) is 24.2 Å². The summed E-state index contributed by atoms with van der Waals surface area (Å²) in [4.78, 5) is 25.7. The van der Waals surface area contributed by atoms with Crippen molar-refractivity contribution in [1.82, 2.24) is 0 Å². The zero-order valence-electron chi connectivity index (χ0n) is 12.9. The van der Waals surface area contributed by atoms with Gasteiger partial charge < -0.3 is 10.0 Å². The molecule has 1 saturated heterocycles. The first kappa shape index (κ1) is 16.5. The van der Waals surface area contributed by atoms with Gasteiger partial charge >= 0.3 is 0 Å². The van der Waals surface area contributed by atoms with Crippen LogP contribution < -0.4 is 4.90 Å². The number of hydrogen-bond donors (Lipinski definition) is 1. The molecule has 0 saturated carbocycles. The van der Waals surface area contributed by atoms with Gasteiger partial charge in [0, 0.05) is 24.2 Å². The first-order valence-corrected chi connectivity index (χ1v) is 8.45. The molecule has 0 spiro atoms. The minimum Gasteiger partial charge on any atom is -0.507 e. The maximum absolute atomic E-state index is 12.2. The molecule has 1 heterocycles. The smallest absolute Gasteiger partial charge is 0.227 e. The van der Waals surface area contributed by atoms with E-state index in [9.17, 15) is 14.7 Å². The number of carbonyl (C=O) groups excluding carboxylic acids is 2. The molecule has 2 aromatic carbocycles. The zero-order valence-corrected chi connectivity index (χ0v) is 14.5. The van der Waals surface area contributed by atoms with Gasteiger partial charge in [-0.1, -0.05) is 12.1 Å². The Morgan fingerprint density at radius 2 is 1.92 bits per heavy atom. The van der Waals surface area contributed by atoms with Gasteiger partial charge in [0.25, 0.3) is 0 Å². The van der Waals surface area contributed by atoms with Crippen LogP contribution in [-0.2, 0) is 4.79 Å². The van der Waals surface area contributed by atoms with E-state index in [1.165, 1.54) is 6.08 Å². The quantitative estimate of drug-likeness (QED) is 0.634. The normalized spacial score (nSPS) is 14.5. The lowest BCUT2D eigenvalue weighted by Gasteiger charge is -2.15. The van der Waals surface area contributed by atoms with Crippen molar-refractivity contribution in [2.45, 2.75) is 12.8 Å². The Morgan fingerprint density at radius 1 is 1.17 bits per heavy atom. The molecule has 24 heavy (non-hydrogen) atoms. The maximum Gasteiger partial charge on any atom is 0.227 e. The summed E-state index contributed by atoms with van der Waals surface area (Å²) in [6.07, 6.45) is 4.66. The summed E-state index contributed by atoms with van der Waals surface area (Å²) in [6.45, 7) is 0.738. The van der Waals surface area contributed by atoms with Crippen LogP contribution in [-0.4, -0.2) is 23.3 Å². The predicted octanol–water partition coefficient (Wildman–Crippen LogP) is 4.18. The number of aromatic hydroxyl groups is 1. The highest BCUT2D eigenvalue weighted by molar-refractivity contribution is 9.10. The van der Waals surface area contributed by atoms with Crippen LogP contribution in [0.5, 0.6) is 5.75 Å². The molecule has 0 aliphatic carbocycles. The fourth-order valence-electron chi connectivity index (χ4n) is 2.62. The van der Waals surface area contributed by atoms with Crippen LogP contribution in [0.1, 0.15) is 28.8 Å². The Balaban J connectivity index is 1.71. The Kier molecular flexibility index (Phi) is 4.81. The predicted molar refractivity (Wildman–Crippen MR) is 97.2 cm³/mol. The average molecular weight is 386 g/mol. The van der Waals surface area contributed by atoms with Crippen molar-refractivity contribution in [2.75, 3.05) is 11.4 Å². The highest BCUT2D eigenvalue weighted by Gasteiger charge is 2.21. The molecule has 5 heteroatoms. The van der Waals surface area contributed by atoms with Crippen LogP contribution in [0.15, 0.2) is 53.0 Å². The number of ketones is 1. The molecule has 0 unspecified atom stereocenters. The van der Waals surface area contributed by atoms with Crippen molar-refractivity contribution in [3.63, 3.8) is 0 Å². The number of phenols is 1. The van der Waals surface area contributed by atoms with E-state index in [1.54, 1.807) is 53.4 Å². The van der Waals surface area contributed by atoms with E-state index in [0.29, 0.717) is 16.5 Å². The molecule has 122 valence electrons. The molecule has 3 rings (SSSR count). The van der Waals surface area contributed by atoms with E-state index in [1.807, 2.05) is 0 Å². The van der Waals surface area contributed by atoms with Gasteiger partial charge in [-0.15, -0.1) is 0 Å². The van der Waals surface area contributed by atoms with Crippen molar-refractivity contribution >= 4 is 39.4 Å². The van der Waals surface area contributed by atoms with E-state index in [2.05, 4.69) is 15.9 Å². The lowest BCUT2D eigenvalue weighted by Crippen LogP contribution is -2.23. The summed E-state index contributed by atoms with van der Waals surface area (Å²) in [7, 11) is 0. The molecule has 0 bridgehead atoms. The van der Waals surface area contributed by atoms with Crippen LogP contribution >= 0.6 is 15.9 Å². The summed E-state index contributed by atoms with van der Waals surface area (Å²) in [6, 6.07) is 12.1.